The molecule has 0 aliphatic heterocycles. The van der Waals surface area contributed by atoms with Gasteiger partial charge in [-0.15, -0.1) is 0 Å². The van der Waals surface area contributed by atoms with Crippen LogP contribution >= 0.6 is 11.6 Å². The molecule has 2 aromatic carbocycles. The SMILES string of the molecule is Cc1c(C(=O)C(=O)Nc2ccncc2)c2ccccc2n1Cc1ccc(Cl)cc1. The first-order valence-corrected chi connectivity index (χ1v) is 9.50. The second-order valence-electron chi connectivity index (χ2n) is 6.71. The molecule has 6 heteroatoms. The number of Topliss-reactive ketones (excluding diaryl/α,β-unsaturated/α-hetero) is 1. The van der Waals surface area contributed by atoms with E-state index >= 15 is 0 Å². The number of pyridine rings is 1. The topological polar surface area (TPSA) is 64.0 Å². The van der Waals surface area contributed by atoms with Gasteiger partial charge in [0, 0.05) is 46.2 Å². The maximum Gasteiger partial charge on any atom is 0.296 e. The number of rotatable bonds is 5. The van der Waals surface area contributed by atoms with Crippen molar-refractivity contribution in [3.63, 3.8) is 0 Å². The van der Waals surface area contributed by atoms with E-state index in [1.165, 1.54) is 0 Å². The summed E-state index contributed by atoms with van der Waals surface area (Å²) < 4.78 is 2.05. The van der Waals surface area contributed by atoms with Gasteiger partial charge in [0.2, 0.25) is 0 Å². The van der Waals surface area contributed by atoms with E-state index in [4.69, 9.17) is 11.6 Å². The van der Waals surface area contributed by atoms with Crippen molar-refractivity contribution in [2.24, 2.45) is 0 Å². The lowest BCUT2D eigenvalue weighted by Gasteiger charge is -2.09. The standard InChI is InChI=1S/C23H18ClN3O2/c1-15-21(22(28)23(29)26-18-10-12-25-13-11-18)19-4-2-3-5-20(19)27(15)14-16-6-8-17(24)9-7-16/h2-13H,14H2,1H3,(H,25,26,29). The first-order valence-electron chi connectivity index (χ1n) is 9.12. The van der Waals surface area contributed by atoms with E-state index in [1.54, 1.807) is 24.5 Å². The molecule has 144 valence electrons. The van der Waals surface area contributed by atoms with Crippen LogP contribution in [0.1, 0.15) is 21.6 Å². The molecule has 4 aromatic rings. The summed E-state index contributed by atoms with van der Waals surface area (Å²) in [5.41, 5.74) is 3.65. The van der Waals surface area contributed by atoms with Crippen molar-refractivity contribution in [3.8, 4) is 0 Å². The third-order valence-corrected chi connectivity index (χ3v) is 5.11. The number of benzene rings is 2. The largest absolute Gasteiger partial charge is 0.340 e. The predicted octanol–water partition coefficient (Wildman–Crippen LogP) is 4.87. The van der Waals surface area contributed by atoms with Crippen LogP contribution in [0.15, 0.2) is 73.1 Å². The van der Waals surface area contributed by atoms with Crippen molar-refractivity contribution >= 4 is 39.9 Å². The normalized spacial score (nSPS) is 10.8. The fourth-order valence-corrected chi connectivity index (χ4v) is 3.56. The van der Waals surface area contributed by atoms with Gasteiger partial charge in [-0.3, -0.25) is 14.6 Å². The third-order valence-electron chi connectivity index (χ3n) is 4.86. The summed E-state index contributed by atoms with van der Waals surface area (Å²) >= 11 is 5.99. The molecule has 5 nitrogen and oxygen atoms in total. The lowest BCUT2D eigenvalue weighted by Crippen LogP contribution is -2.23. The first-order chi connectivity index (χ1) is 14.0. The average Bonchev–Trinajstić information content (AvgIpc) is 3.01. The van der Waals surface area contributed by atoms with E-state index in [2.05, 4.69) is 10.3 Å². The molecule has 0 radical (unpaired) electrons. The molecule has 2 aromatic heterocycles. The molecule has 29 heavy (non-hydrogen) atoms. The van der Waals surface area contributed by atoms with Crippen LogP contribution in [0, 0.1) is 6.92 Å². The van der Waals surface area contributed by atoms with Gasteiger partial charge in [-0.05, 0) is 42.8 Å². The van der Waals surface area contributed by atoms with Gasteiger partial charge in [0.15, 0.2) is 0 Å². The summed E-state index contributed by atoms with van der Waals surface area (Å²) in [6.07, 6.45) is 3.12. The van der Waals surface area contributed by atoms with E-state index in [1.807, 2.05) is 60.0 Å². The van der Waals surface area contributed by atoms with E-state index in [0.29, 0.717) is 22.8 Å². The van der Waals surface area contributed by atoms with Crippen LogP contribution in [0.5, 0.6) is 0 Å². The number of hydrogen-bond donors (Lipinski definition) is 1. The average molecular weight is 404 g/mol. The molecule has 0 spiro atoms. The number of para-hydroxylation sites is 1. The zero-order valence-electron chi connectivity index (χ0n) is 15.7. The minimum absolute atomic E-state index is 0.418. The number of fused-ring (bicyclic) bond motifs is 1. The maximum atomic E-state index is 13.0. The zero-order chi connectivity index (χ0) is 20.4. The molecule has 0 bridgehead atoms. The van der Waals surface area contributed by atoms with E-state index in [-0.39, 0.29) is 0 Å². The van der Waals surface area contributed by atoms with Crippen molar-refractivity contribution in [2.45, 2.75) is 13.5 Å². The highest BCUT2D eigenvalue weighted by Gasteiger charge is 2.25. The molecule has 0 saturated carbocycles. The van der Waals surface area contributed by atoms with Crippen LogP contribution in [0.25, 0.3) is 10.9 Å². The molecule has 0 saturated heterocycles. The lowest BCUT2D eigenvalue weighted by molar-refractivity contribution is -0.112. The van der Waals surface area contributed by atoms with Crippen molar-refractivity contribution in [3.05, 3.63) is 94.9 Å². The Morgan fingerprint density at radius 1 is 1.00 bits per heavy atom. The number of nitrogens with zero attached hydrogens (tertiary/aromatic N) is 2. The molecule has 1 N–H and O–H groups in total. The van der Waals surface area contributed by atoms with Crippen LogP contribution in [0.3, 0.4) is 0 Å². The van der Waals surface area contributed by atoms with Crippen LogP contribution in [-0.4, -0.2) is 21.2 Å². The molecule has 0 atom stereocenters. The molecule has 0 aliphatic rings. The van der Waals surface area contributed by atoms with Gasteiger partial charge in [-0.1, -0.05) is 41.9 Å². The number of hydrogen-bond acceptors (Lipinski definition) is 3. The molecule has 0 fully saturated rings. The number of halogens is 1. The van der Waals surface area contributed by atoms with Gasteiger partial charge in [0.05, 0.1) is 5.56 Å². The Bertz CT molecular complexity index is 1200. The van der Waals surface area contributed by atoms with Gasteiger partial charge in [-0.25, -0.2) is 0 Å². The number of carbonyl (C=O) groups excluding carboxylic acids is 2. The zero-order valence-corrected chi connectivity index (χ0v) is 16.5. The minimum atomic E-state index is -0.673. The van der Waals surface area contributed by atoms with Gasteiger partial charge in [0.1, 0.15) is 0 Å². The van der Waals surface area contributed by atoms with E-state index in [9.17, 15) is 9.59 Å². The Morgan fingerprint density at radius 3 is 2.41 bits per heavy atom. The first kappa shape index (κ1) is 18.9. The summed E-state index contributed by atoms with van der Waals surface area (Å²) in [5, 5.41) is 4.08. The van der Waals surface area contributed by atoms with Gasteiger partial charge in [-0.2, -0.15) is 0 Å². The van der Waals surface area contributed by atoms with Gasteiger partial charge < -0.3 is 9.88 Å². The second-order valence-corrected chi connectivity index (χ2v) is 7.15. The fraction of sp³-hybridized carbons (Fsp3) is 0.0870. The molecular weight excluding hydrogens is 386 g/mol. The Balaban J connectivity index is 1.72. The van der Waals surface area contributed by atoms with Crippen molar-refractivity contribution < 1.29 is 9.59 Å². The molecule has 4 rings (SSSR count). The monoisotopic (exact) mass is 403 g/mol. The highest BCUT2D eigenvalue weighted by atomic mass is 35.5. The highest BCUT2D eigenvalue weighted by molar-refractivity contribution is 6.48. The van der Waals surface area contributed by atoms with Crippen molar-refractivity contribution in [1.29, 1.82) is 0 Å². The van der Waals surface area contributed by atoms with Crippen LogP contribution in [0.2, 0.25) is 5.02 Å². The lowest BCUT2D eigenvalue weighted by atomic mass is 10.1. The number of anilines is 1. The van der Waals surface area contributed by atoms with E-state index in [0.717, 1.165) is 22.2 Å². The van der Waals surface area contributed by atoms with Gasteiger partial charge in [0.25, 0.3) is 11.7 Å². The number of aromatic nitrogens is 2. The maximum absolute atomic E-state index is 13.0. The number of amides is 1. The molecular formula is C23H18ClN3O2. The Labute approximate surface area is 173 Å². The summed E-state index contributed by atoms with van der Waals surface area (Å²) in [7, 11) is 0. The van der Waals surface area contributed by atoms with Crippen LogP contribution in [-0.2, 0) is 11.3 Å². The van der Waals surface area contributed by atoms with Crippen molar-refractivity contribution in [1.82, 2.24) is 9.55 Å². The number of nitrogens with one attached hydrogen (secondary N) is 1. The summed E-state index contributed by atoms with van der Waals surface area (Å²) in [6.45, 7) is 2.44. The predicted molar refractivity (Wildman–Crippen MR) is 114 cm³/mol. The smallest absolute Gasteiger partial charge is 0.296 e. The Kier molecular flexibility index (Phi) is 5.14. The summed E-state index contributed by atoms with van der Waals surface area (Å²) in [6, 6.07) is 18.5. The second kappa shape index (κ2) is 7.89. The molecule has 1 amide bonds. The highest BCUT2D eigenvalue weighted by Crippen LogP contribution is 2.28. The number of ketones is 1. The molecule has 0 aliphatic carbocycles. The van der Waals surface area contributed by atoms with Crippen LogP contribution < -0.4 is 5.32 Å². The fourth-order valence-electron chi connectivity index (χ4n) is 3.43. The van der Waals surface area contributed by atoms with Crippen LogP contribution in [0.4, 0.5) is 5.69 Å². The molecule has 0 unspecified atom stereocenters. The third kappa shape index (κ3) is 3.77. The molecule has 2 heterocycles. The van der Waals surface area contributed by atoms with E-state index < -0.39 is 11.7 Å². The Hall–Kier alpha value is -3.44. The quantitative estimate of drug-likeness (QED) is 0.382. The van der Waals surface area contributed by atoms with Gasteiger partial charge >= 0.3 is 0 Å². The minimum Gasteiger partial charge on any atom is -0.340 e. The Morgan fingerprint density at radius 2 is 1.69 bits per heavy atom. The summed E-state index contributed by atoms with van der Waals surface area (Å²) in [5.74, 6) is -1.24. The van der Waals surface area contributed by atoms with Crippen molar-refractivity contribution in [2.75, 3.05) is 5.32 Å². The summed E-state index contributed by atoms with van der Waals surface area (Å²) in [4.78, 5) is 29.6. The number of carbonyl (C=O) groups is 2.